The number of hydrogen-bond acceptors (Lipinski definition) is 6. The summed E-state index contributed by atoms with van der Waals surface area (Å²) in [5.74, 6) is -1.52. The zero-order chi connectivity index (χ0) is 30.8. The van der Waals surface area contributed by atoms with Gasteiger partial charge in [-0.3, -0.25) is 19.2 Å². The van der Waals surface area contributed by atoms with Gasteiger partial charge in [-0.15, -0.1) is 0 Å². The molecule has 0 spiro atoms. The van der Waals surface area contributed by atoms with Crippen molar-refractivity contribution < 1.29 is 24.3 Å². The number of amides is 4. The van der Waals surface area contributed by atoms with E-state index in [0.29, 0.717) is 19.4 Å². The molecule has 43 heavy (non-hydrogen) atoms. The van der Waals surface area contributed by atoms with Crippen LogP contribution in [-0.4, -0.2) is 71.4 Å². The van der Waals surface area contributed by atoms with Crippen molar-refractivity contribution in [2.45, 2.75) is 56.3 Å². The van der Waals surface area contributed by atoms with Crippen LogP contribution in [-0.2, 0) is 38.4 Å². The van der Waals surface area contributed by atoms with Gasteiger partial charge in [0.25, 0.3) is 0 Å². The van der Waals surface area contributed by atoms with Gasteiger partial charge in [0.05, 0.1) is 6.04 Å². The van der Waals surface area contributed by atoms with Gasteiger partial charge < -0.3 is 31.7 Å². The topological polar surface area (TPSA) is 154 Å². The lowest BCUT2D eigenvalue weighted by Crippen LogP contribution is -2.58. The van der Waals surface area contributed by atoms with Crippen molar-refractivity contribution in [2.75, 3.05) is 13.6 Å². The number of nitrogens with one attached hydrogen (secondary N) is 3. The van der Waals surface area contributed by atoms with Gasteiger partial charge in [0.15, 0.2) is 0 Å². The average Bonchev–Trinajstić information content (AvgIpc) is 3.52. The summed E-state index contributed by atoms with van der Waals surface area (Å²) in [6, 6.07) is 21.6. The van der Waals surface area contributed by atoms with E-state index in [1.807, 2.05) is 60.7 Å². The van der Waals surface area contributed by atoms with E-state index in [9.17, 15) is 24.3 Å². The predicted molar refractivity (Wildman–Crippen MR) is 163 cm³/mol. The third-order valence-electron chi connectivity index (χ3n) is 7.63. The molecule has 4 amide bonds. The lowest BCUT2D eigenvalue weighted by Gasteiger charge is -2.29. The quantitative estimate of drug-likeness (QED) is 0.217. The molecule has 1 aliphatic heterocycles. The summed E-state index contributed by atoms with van der Waals surface area (Å²) in [6.45, 7) is 0.381. The van der Waals surface area contributed by atoms with Crippen molar-refractivity contribution in [3.63, 3.8) is 0 Å². The van der Waals surface area contributed by atoms with Crippen LogP contribution in [0.2, 0.25) is 0 Å². The maximum atomic E-state index is 13.6. The summed E-state index contributed by atoms with van der Waals surface area (Å²) < 4.78 is 0. The molecule has 1 aliphatic rings. The van der Waals surface area contributed by atoms with Crippen LogP contribution in [0.4, 0.5) is 0 Å². The van der Waals surface area contributed by atoms with Crippen LogP contribution in [0.1, 0.15) is 29.5 Å². The Morgan fingerprint density at radius 3 is 1.88 bits per heavy atom. The van der Waals surface area contributed by atoms with Gasteiger partial charge in [0.2, 0.25) is 23.6 Å². The molecule has 1 saturated heterocycles. The van der Waals surface area contributed by atoms with Crippen LogP contribution < -0.4 is 21.7 Å². The van der Waals surface area contributed by atoms with E-state index >= 15 is 0 Å². The molecule has 0 aromatic heterocycles. The van der Waals surface area contributed by atoms with Gasteiger partial charge in [0, 0.05) is 26.4 Å². The van der Waals surface area contributed by atoms with Crippen molar-refractivity contribution in [2.24, 2.45) is 5.73 Å². The van der Waals surface area contributed by atoms with Crippen LogP contribution in [0.25, 0.3) is 0 Å². The van der Waals surface area contributed by atoms with Crippen molar-refractivity contribution in [3.05, 3.63) is 102 Å². The molecule has 3 aromatic carbocycles. The highest BCUT2D eigenvalue weighted by molar-refractivity contribution is 5.95. The fourth-order valence-electron chi connectivity index (χ4n) is 5.32. The molecular weight excluding hydrogens is 546 g/mol. The molecule has 1 heterocycles. The highest BCUT2D eigenvalue weighted by Crippen LogP contribution is 2.20. The van der Waals surface area contributed by atoms with Crippen LogP contribution in [0.3, 0.4) is 0 Å². The molecule has 0 aliphatic carbocycles. The summed E-state index contributed by atoms with van der Waals surface area (Å²) in [5, 5.41) is 17.8. The molecule has 10 nitrogen and oxygen atoms in total. The van der Waals surface area contributed by atoms with Gasteiger partial charge in [0.1, 0.15) is 23.9 Å². The predicted octanol–water partition coefficient (Wildman–Crippen LogP) is 1.45. The van der Waals surface area contributed by atoms with Crippen LogP contribution in [0, 0.1) is 0 Å². The summed E-state index contributed by atoms with van der Waals surface area (Å²) in [4.78, 5) is 54.8. The van der Waals surface area contributed by atoms with Crippen LogP contribution in [0.5, 0.6) is 5.75 Å². The van der Waals surface area contributed by atoms with E-state index in [0.717, 1.165) is 16.7 Å². The third kappa shape index (κ3) is 8.65. The lowest BCUT2D eigenvalue weighted by molar-refractivity contribution is -0.140. The molecule has 3 aromatic rings. The first-order valence-electron chi connectivity index (χ1n) is 14.5. The molecule has 10 heteroatoms. The number of likely N-dealkylation sites (tertiary alicyclic amines) is 1. The zero-order valence-electron chi connectivity index (χ0n) is 24.2. The highest BCUT2D eigenvalue weighted by Gasteiger charge is 2.38. The second kappa shape index (κ2) is 15.0. The molecule has 1 fully saturated rings. The van der Waals surface area contributed by atoms with Crippen molar-refractivity contribution in [1.29, 1.82) is 0 Å². The van der Waals surface area contributed by atoms with Crippen LogP contribution >= 0.6 is 0 Å². The Labute approximate surface area is 251 Å². The first-order valence-corrected chi connectivity index (χ1v) is 14.5. The Bertz CT molecular complexity index is 1380. The Morgan fingerprint density at radius 1 is 0.791 bits per heavy atom. The molecule has 0 saturated carbocycles. The number of rotatable bonds is 12. The molecular formula is C33H39N5O5. The molecule has 6 N–H and O–H groups in total. The minimum Gasteiger partial charge on any atom is -0.508 e. The van der Waals surface area contributed by atoms with E-state index in [2.05, 4.69) is 16.0 Å². The van der Waals surface area contributed by atoms with E-state index in [-0.39, 0.29) is 36.8 Å². The van der Waals surface area contributed by atoms with Gasteiger partial charge in [-0.1, -0.05) is 72.8 Å². The summed E-state index contributed by atoms with van der Waals surface area (Å²) in [6.07, 6.45) is 1.80. The Balaban J connectivity index is 1.48. The fraction of sp³-hybridized carbons (Fsp3) is 0.333. The van der Waals surface area contributed by atoms with Gasteiger partial charge in [-0.2, -0.15) is 0 Å². The van der Waals surface area contributed by atoms with Crippen molar-refractivity contribution in [1.82, 2.24) is 20.9 Å². The number of phenols is 1. The molecule has 0 radical (unpaired) electrons. The maximum absolute atomic E-state index is 13.6. The Kier molecular flexibility index (Phi) is 10.9. The number of phenolic OH excluding ortho intramolecular Hbond substituents is 1. The van der Waals surface area contributed by atoms with E-state index in [1.54, 1.807) is 12.1 Å². The summed E-state index contributed by atoms with van der Waals surface area (Å²) >= 11 is 0. The van der Waals surface area contributed by atoms with Crippen LogP contribution in [0.15, 0.2) is 84.9 Å². The maximum Gasteiger partial charge on any atom is 0.243 e. The molecule has 226 valence electrons. The summed E-state index contributed by atoms with van der Waals surface area (Å²) in [5.41, 5.74) is 8.75. The fourth-order valence-corrected chi connectivity index (χ4v) is 5.32. The standard InChI is InChI=1S/C33H39N5O5/c1-35-30(40)27(20-22-9-4-2-5-10-22)36-31(41)28(21-23-11-6-3-7-12-23)37-32(42)29-13-8-18-38(29)33(43)26(34)19-24-14-16-25(39)17-15-24/h2-7,9-12,14-17,26-29,39H,8,13,18-21,34H2,1H3,(H,35,40)(H,36,41)(H,37,42)/t26-,27-,28-,29-/m0/s1. The number of nitrogens with two attached hydrogens (primary N) is 1. The van der Waals surface area contributed by atoms with Crippen molar-refractivity contribution in [3.8, 4) is 5.75 Å². The number of aromatic hydroxyl groups is 1. The third-order valence-corrected chi connectivity index (χ3v) is 7.63. The number of benzene rings is 3. The van der Waals surface area contributed by atoms with E-state index in [1.165, 1.54) is 24.1 Å². The van der Waals surface area contributed by atoms with Crippen molar-refractivity contribution >= 4 is 23.6 Å². The second-order valence-electron chi connectivity index (χ2n) is 10.8. The number of likely N-dealkylation sites (N-methyl/N-ethyl adjacent to an activating group) is 1. The van der Waals surface area contributed by atoms with Gasteiger partial charge in [-0.25, -0.2) is 0 Å². The first-order chi connectivity index (χ1) is 20.7. The van der Waals surface area contributed by atoms with E-state index in [4.69, 9.17) is 5.73 Å². The lowest BCUT2D eigenvalue weighted by atomic mass is 10.0. The average molecular weight is 586 g/mol. The smallest absolute Gasteiger partial charge is 0.243 e. The Hall–Kier alpha value is -4.70. The highest BCUT2D eigenvalue weighted by atomic mass is 16.3. The molecule has 4 atom stereocenters. The van der Waals surface area contributed by atoms with E-state index < -0.39 is 36.0 Å². The zero-order valence-corrected chi connectivity index (χ0v) is 24.2. The molecule has 0 unspecified atom stereocenters. The largest absolute Gasteiger partial charge is 0.508 e. The number of carbonyl (C=O) groups is 4. The minimum atomic E-state index is -0.985. The molecule has 0 bridgehead atoms. The Morgan fingerprint density at radius 2 is 1.33 bits per heavy atom. The SMILES string of the molecule is CNC(=O)[C@H](Cc1ccccc1)NC(=O)[C@H](Cc1ccccc1)NC(=O)[C@@H]1CCCN1C(=O)[C@@H](N)Cc1ccc(O)cc1. The number of hydrogen-bond donors (Lipinski definition) is 5. The normalized spacial score (nSPS) is 16.5. The van der Waals surface area contributed by atoms with Gasteiger partial charge in [-0.05, 0) is 48.1 Å². The monoisotopic (exact) mass is 585 g/mol. The first kappa shape index (κ1) is 31.2. The second-order valence-corrected chi connectivity index (χ2v) is 10.8. The number of nitrogens with zero attached hydrogens (tertiary/aromatic N) is 1. The minimum absolute atomic E-state index is 0.121. The summed E-state index contributed by atoms with van der Waals surface area (Å²) in [7, 11) is 1.51. The van der Waals surface area contributed by atoms with Gasteiger partial charge >= 0.3 is 0 Å². The number of carbonyl (C=O) groups excluding carboxylic acids is 4. The molecule has 4 rings (SSSR count).